The highest BCUT2D eigenvalue weighted by Crippen LogP contribution is 2.30. The molecule has 4 rings (SSSR count). The van der Waals surface area contributed by atoms with Crippen molar-refractivity contribution in [3.63, 3.8) is 0 Å². The maximum Gasteiger partial charge on any atom is 0.161 e. The van der Waals surface area contributed by atoms with Crippen LogP contribution in [0.15, 0.2) is 66.7 Å². The lowest BCUT2D eigenvalue weighted by atomic mass is 10.1. The molecule has 0 atom stereocenters. The molecule has 3 aromatic carbocycles. The summed E-state index contributed by atoms with van der Waals surface area (Å²) in [7, 11) is 0. The summed E-state index contributed by atoms with van der Waals surface area (Å²) in [6.07, 6.45) is 0. The normalized spacial score (nSPS) is 10.8. The second-order valence-corrected chi connectivity index (χ2v) is 8.87. The summed E-state index contributed by atoms with van der Waals surface area (Å²) in [5.41, 5.74) is 4.16. The van der Waals surface area contributed by atoms with Crippen molar-refractivity contribution in [1.82, 2.24) is 9.97 Å². The third-order valence-corrected chi connectivity index (χ3v) is 5.58. The first-order valence-corrected chi connectivity index (χ1v) is 11.2. The Morgan fingerprint density at radius 2 is 1.28 bits per heavy atom. The third kappa shape index (κ3) is 5.64. The van der Waals surface area contributed by atoms with E-state index in [1.807, 2.05) is 49.4 Å². The van der Waals surface area contributed by atoms with Gasteiger partial charge in [-0.3, -0.25) is 0 Å². The molecular weight excluding hydrogens is 486 g/mol. The fraction of sp³-hybridized carbons (Fsp3) is 0.0833. The third-order valence-electron chi connectivity index (χ3n) is 4.70. The molecule has 0 aliphatic carbocycles. The monoisotopic (exact) mass is 502 g/mol. The molecule has 0 saturated heterocycles. The highest BCUT2D eigenvalue weighted by molar-refractivity contribution is 6.35. The molecule has 8 heteroatoms. The first kappa shape index (κ1) is 22.7. The summed E-state index contributed by atoms with van der Waals surface area (Å²) in [5.74, 6) is 1.27. The zero-order valence-corrected chi connectivity index (χ0v) is 20.0. The lowest BCUT2D eigenvalue weighted by molar-refractivity contribution is 1.01. The van der Waals surface area contributed by atoms with Crippen molar-refractivity contribution >= 4 is 63.6 Å². The summed E-state index contributed by atoms with van der Waals surface area (Å²) >= 11 is 24.6. The fourth-order valence-corrected chi connectivity index (χ4v) is 4.29. The second kappa shape index (κ2) is 9.97. The molecule has 0 unspecified atom stereocenters. The van der Waals surface area contributed by atoms with E-state index in [4.69, 9.17) is 56.4 Å². The van der Waals surface area contributed by atoms with Gasteiger partial charge >= 0.3 is 0 Å². The number of anilines is 3. The number of hydrogen-bond donors (Lipinski definition) is 2. The molecule has 0 aliphatic rings. The van der Waals surface area contributed by atoms with Crippen LogP contribution in [0.2, 0.25) is 20.1 Å². The summed E-state index contributed by atoms with van der Waals surface area (Å²) in [4.78, 5) is 9.54. The van der Waals surface area contributed by atoms with Gasteiger partial charge in [0.05, 0.1) is 0 Å². The highest BCUT2D eigenvalue weighted by atomic mass is 35.5. The first-order chi connectivity index (χ1) is 15.4. The Labute approximate surface area is 206 Å². The number of nitrogens with one attached hydrogen (secondary N) is 2. The summed E-state index contributed by atoms with van der Waals surface area (Å²) in [6, 6.07) is 20.4. The Kier molecular flexibility index (Phi) is 7.07. The Bertz CT molecular complexity index is 1220. The quantitative estimate of drug-likeness (QED) is 0.277. The van der Waals surface area contributed by atoms with Crippen molar-refractivity contribution in [2.75, 3.05) is 10.6 Å². The van der Waals surface area contributed by atoms with E-state index in [0.29, 0.717) is 38.3 Å². The van der Waals surface area contributed by atoms with E-state index < -0.39 is 0 Å². The van der Waals surface area contributed by atoms with Gasteiger partial charge in [-0.1, -0.05) is 76.7 Å². The molecule has 0 amide bonds. The lowest BCUT2D eigenvalue weighted by Gasteiger charge is -2.17. The van der Waals surface area contributed by atoms with Crippen molar-refractivity contribution in [2.24, 2.45) is 0 Å². The van der Waals surface area contributed by atoms with Gasteiger partial charge in [0.1, 0.15) is 5.82 Å². The van der Waals surface area contributed by atoms with E-state index in [-0.39, 0.29) is 0 Å². The molecule has 2 N–H and O–H groups in total. The van der Waals surface area contributed by atoms with Crippen LogP contribution in [0.3, 0.4) is 0 Å². The van der Waals surface area contributed by atoms with Crippen LogP contribution in [0, 0.1) is 6.92 Å². The average Bonchev–Trinajstić information content (AvgIpc) is 2.72. The number of aryl methyl sites for hydroxylation is 1. The van der Waals surface area contributed by atoms with Crippen molar-refractivity contribution in [3.8, 4) is 11.4 Å². The molecule has 0 spiro atoms. The van der Waals surface area contributed by atoms with E-state index in [1.165, 1.54) is 0 Å². The van der Waals surface area contributed by atoms with Crippen LogP contribution >= 0.6 is 46.4 Å². The Morgan fingerprint density at radius 1 is 0.719 bits per heavy atom. The fourth-order valence-electron chi connectivity index (χ4n) is 3.24. The van der Waals surface area contributed by atoms with Crippen molar-refractivity contribution < 1.29 is 0 Å². The number of rotatable bonds is 6. The van der Waals surface area contributed by atoms with E-state index >= 15 is 0 Å². The van der Waals surface area contributed by atoms with Crippen LogP contribution in [0.1, 0.15) is 11.3 Å². The number of hydrogen-bond acceptors (Lipinski definition) is 4. The summed E-state index contributed by atoms with van der Waals surface area (Å²) < 4.78 is 0. The molecule has 0 saturated carbocycles. The molecule has 162 valence electrons. The Morgan fingerprint density at radius 3 is 1.88 bits per heavy atom. The standard InChI is InChI=1S/C24H18Cl4N4/c1-14-22(13-29-20-9-16(25)7-17(26)10-20)24(31-21-11-18(27)8-19(28)12-21)32-23(30-14)15-5-3-2-4-6-15/h2-12,29H,13H2,1H3,(H,30,31,32). The van der Waals surface area contributed by atoms with E-state index in [1.54, 1.807) is 24.3 Å². The highest BCUT2D eigenvalue weighted by Gasteiger charge is 2.14. The lowest BCUT2D eigenvalue weighted by Crippen LogP contribution is -2.10. The predicted molar refractivity (Wildman–Crippen MR) is 136 cm³/mol. The minimum atomic E-state index is 0.453. The van der Waals surface area contributed by atoms with Crippen molar-refractivity contribution in [3.05, 3.63) is 98.1 Å². The zero-order chi connectivity index (χ0) is 22.7. The molecule has 0 fully saturated rings. The number of halogens is 4. The molecule has 1 heterocycles. The molecule has 0 bridgehead atoms. The minimum absolute atomic E-state index is 0.453. The maximum absolute atomic E-state index is 6.19. The predicted octanol–water partition coefficient (Wildman–Crippen LogP) is 8.42. The molecule has 1 aromatic heterocycles. The van der Waals surface area contributed by atoms with Crippen molar-refractivity contribution in [2.45, 2.75) is 13.5 Å². The Hall–Kier alpha value is -2.50. The van der Waals surface area contributed by atoms with Gasteiger partial charge in [-0.25, -0.2) is 9.97 Å². The van der Waals surface area contributed by atoms with E-state index in [9.17, 15) is 0 Å². The van der Waals surface area contributed by atoms with E-state index in [2.05, 4.69) is 10.6 Å². The largest absolute Gasteiger partial charge is 0.381 e. The van der Waals surface area contributed by atoms with Gasteiger partial charge in [-0.2, -0.15) is 0 Å². The smallest absolute Gasteiger partial charge is 0.161 e. The van der Waals surface area contributed by atoms with Gasteiger partial charge in [0.15, 0.2) is 5.82 Å². The van der Waals surface area contributed by atoms with Crippen LogP contribution in [-0.2, 0) is 6.54 Å². The number of aromatic nitrogens is 2. The van der Waals surface area contributed by atoms with Crippen LogP contribution in [0.4, 0.5) is 17.2 Å². The SMILES string of the molecule is Cc1nc(-c2ccccc2)nc(Nc2cc(Cl)cc(Cl)c2)c1CNc1cc(Cl)cc(Cl)c1. The minimum Gasteiger partial charge on any atom is -0.381 e. The Balaban J connectivity index is 1.73. The van der Waals surface area contributed by atoms with Gasteiger partial charge in [0.25, 0.3) is 0 Å². The van der Waals surface area contributed by atoms with Gasteiger partial charge in [-0.15, -0.1) is 0 Å². The topological polar surface area (TPSA) is 49.8 Å². The van der Waals surface area contributed by atoms with E-state index in [0.717, 1.165) is 28.2 Å². The molecule has 0 aliphatic heterocycles. The second-order valence-electron chi connectivity index (χ2n) is 7.12. The van der Waals surface area contributed by atoms with Crippen LogP contribution < -0.4 is 10.6 Å². The van der Waals surface area contributed by atoms with Gasteiger partial charge in [0, 0.05) is 54.8 Å². The molecule has 4 nitrogen and oxygen atoms in total. The van der Waals surface area contributed by atoms with Crippen molar-refractivity contribution in [1.29, 1.82) is 0 Å². The average molecular weight is 504 g/mol. The zero-order valence-electron chi connectivity index (χ0n) is 17.0. The number of nitrogens with zero attached hydrogens (tertiary/aromatic N) is 2. The number of benzene rings is 3. The summed E-state index contributed by atoms with van der Waals surface area (Å²) in [5, 5.41) is 8.87. The molecule has 4 aromatic rings. The van der Waals surface area contributed by atoms with Gasteiger partial charge in [0.2, 0.25) is 0 Å². The van der Waals surface area contributed by atoms with Crippen LogP contribution in [0.5, 0.6) is 0 Å². The molecule has 0 radical (unpaired) electrons. The summed E-state index contributed by atoms with van der Waals surface area (Å²) in [6.45, 7) is 2.40. The molecule has 32 heavy (non-hydrogen) atoms. The molecular formula is C24H18Cl4N4. The van der Waals surface area contributed by atoms with Crippen LogP contribution in [0.25, 0.3) is 11.4 Å². The maximum atomic E-state index is 6.19. The van der Waals surface area contributed by atoms with Crippen LogP contribution in [-0.4, -0.2) is 9.97 Å². The van der Waals surface area contributed by atoms with Gasteiger partial charge < -0.3 is 10.6 Å². The van der Waals surface area contributed by atoms with Gasteiger partial charge in [-0.05, 0) is 43.3 Å². The first-order valence-electron chi connectivity index (χ1n) is 9.73.